The molecule has 0 aromatic heterocycles. The van der Waals surface area contributed by atoms with E-state index in [0.717, 1.165) is 18.1 Å². The number of amides is 1. The molecule has 0 radical (unpaired) electrons. The number of esters is 2. The van der Waals surface area contributed by atoms with Gasteiger partial charge in [-0.15, -0.1) is 0 Å². The number of likely N-dealkylation sites (tertiary alicyclic amines) is 1. The Morgan fingerprint density at radius 1 is 1.13 bits per heavy atom. The van der Waals surface area contributed by atoms with Gasteiger partial charge < -0.3 is 54.7 Å². The van der Waals surface area contributed by atoms with Crippen LogP contribution in [0.5, 0.6) is 11.5 Å². The summed E-state index contributed by atoms with van der Waals surface area (Å²) in [5.74, 6) is -6.60. The Balaban J connectivity index is 1.31. The number of ether oxygens (including phenoxy) is 4. The lowest BCUT2D eigenvalue weighted by Gasteiger charge is -2.61. The number of piperidine rings is 1. The maximum Gasteiger partial charge on any atom is 0.343 e. The Bertz CT molecular complexity index is 1480. The number of aliphatic hydroxyl groups excluding tert-OH is 2. The predicted molar refractivity (Wildman–Crippen MR) is 147 cm³/mol. The molecular formula is C29H34N2O14. The van der Waals surface area contributed by atoms with Gasteiger partial charge in [0, 0.05) is 18.0 Å². The summed E-state index contributed by atoms with van der Waals surface area (Å²) in [7, 11) is 3.41. The number of aliphatic hydroxyl groups is 3. The average molecular weight is 635 g/mol. The van der Waals surface area contributed by atoms with Gasteiger partial charge in [-0.2, -0.15) is 0 Å². The first-order valence-electron chi connectivity index (χ1n) is 14.2. The molecule has 16 nitrogen and oxygen atoms in total. The summed E-state index contributed by atoms with van der Waals surface area (Å²) in [4.78, 5) is 61.9. The van der Waals surface area contributed by atoms with Crippen LogP contribution in [0.25, 0.3) is 0 Å². The van der Waals surface area contributed by atoms with Crippen molar-refractivity contribution in [1.29, 1.82) is 0 Å². The number of carboxylic acids is 2. The van der Waals surface area contributed by atoms with Crippen LogP contribution in [-0.2, 0) is 45.3 Å². The SMILES string of the molecule is COc1ccc2c3c1O[C@H]1C(OC(=O)[C@H](O)[C@@H](O)C(=O)O[C@@H](C)C(=O)N[C@H](CC(=O)O)C(=O)O)=CC[C@@]4(O)[C@H](C2)N(C)CC[C@]314. The van der Waals surface area contributed by atoms with Crippen molar-refractivity contribution in [2.24, 2.45) is 0 Å². The number of hydrogen-bond acceptors (Lipinski definition) is 13. The molecular weight excluding hydrogens is 600 g/mol. The van der Waals surface area contributed by atoms with E-state index in [9.17, 15) is 39.3 Å². The third-order valence-electron chi connectivity index (χ3n) is 9.21. The second kappa shape index (κ2) is 11.6. The molecule has 1 amide bonds. The maximum atomic E-state index is 13.0. The van der Waals surface area contributed by atoms with Crippen molar-refractivity contribution >= 4 is 29.8 Å². The first kappa shape index (κ1) is 32.2. The molecule has 244 valence electrons. The number of likely N-dealkylation sites (N-methyl/N-ethyl adjacent to an activating group) is 1. The van der Waals surface area contributed by atoms with Gasteiger partial charge in [0.25, 0.3) is 5.91 Å². The van der Waals surface area contributed by atoms with Crippen LogP contribution in [0.3, 0.4) is 0 Å². The molecule has 1 aromatic rings. The molecule has 2 aliphatic heterocycles. The molecule has 1 spiro atoms. The van der Waals surface area contributed by atoms with E-state index in [4.69, 9.17) is 29.2 Å². The third kappa shape index (κ3) is 5.07. The minimum Gasteiger partial charge on any atom is -0.493 e. The lowest BCUT2D eigenvalue weighted by molar-refractivity contribution is -0.181. The number of hydrogen-bond donors (Lipinski definition) is 6. The van der Waals surface area contributed by atoms with E-state index in [0.29, 0.717) is 30.9 Å². The molecule has 5 rings (SSSR count). The van der Waals surface area contributed by atoms with Crippen molar-refractivity contribution in [3.05, 3.63) is 35.1 Å². The molecule has 1 aromatic carbocycles. The van der Waals surface area contributed by atoms with Gasteiger partial charge in [-0.25, -0.2) is 14.4 Å². The standard InChI is InChI=1S/C29H34N2O14/c1-12(24(36)30-14(25(37)38)11-18(32)33)43-26(39)20(34)21(35)27(40)44-16-6-7-29(41)17-10-13-4-5-15(42-3)22-19(13)28(29,23(16)45-22)8-9-31(17)2/h4-6,12,14,17,20-21,23,34-35,41H,7-11H2,1-3H3,(H,30,36)(H,32,33)(H,37,38)/t12-,14+,17-,20+,21+,23-,28-,29+/m0/s1. The van der Waals surface area contributed by atoms with Gasteiger partial charge in [-0.3, -0.25) is 9.59 Å². The zero-order valence-electron chi connectivity index (χ0n) is 24.6. The maximum absolute atomic E-state index is 13.0. The first-order valence-corrected chi connectivity index (χ1v) is 14.2. The highest BCUT2D eigenvalue weighted by Gasteiger charge is 2.72. The van der Waals surface area contributed by atoms with Crippen LogP contribution in [-0.4, -0.2) is 123 Å². The Morgan fingerprint density at radius 3 is 2.47 bits per heavy atom. The van der Waals surface area contributed by atoms with Gasteiger partial charge in [-0.05, 0) is 51.1 Å². The summed E-state index contributed by atoms with van der Waals surface area (Å²) in [6, 6.07) is 1.58. The van der Waals surface area contributed by atoms with Crippen molar-refractivity contribution in [3.63, 3.8) is 0 Å². The van der Waals surface area contributed by atoms with Crippen LogP contribution in [0.2, 0.25) is 0 Å². The van der Waals surface area contributed by atoms with Crippen molar-refractivity contribution < 1.29 is 68.5 Å². The fourth-order valence-electron chi connectivity index (χ4n) is 6.98. The molecule has 0 unspecified atom stereocenters. The van der Waals surface area contributed by atoms with Gasteiger partial charge in [0.05, 0.1) is 24.5 Å². The molecule has 4 aliphatic rings. The highest BCUT2D eigenvalue weighted by atomic mass is 16.6. The van der Waals surface area contributed by atoms with E-state index < -0.39 is 77.7 Å². The molecule has 6 N–H and O–H groups in total. The van der Waals surface area contributed by atoms with Gasteiger partial charge in [0.15, 0.2) is 35.9 Å². The summed E-state index contributed by atoms with van der Waals surface area (Å²) >= 11 is 0. The van der Waals surface area contributed by atoms with E-state index in [1.165, 1.54) is 13.2 Å². The van der Waals surface area contributed by atoms with E-state index in [-0.39, 0.29) is 18.2 Å². The average Bonchev–Trinajstić information content (AvgIpc) is 3.34. The molecule has 1 fully saturated rings. The van der Waals surface area contributed by atoms with Gasteiger partial charge in [0.2, 0.25) is 0 Å². The first-order chi connectivity index (χ1) is 21.2. The monoisotopic (exact) mass is 634 g/mol. The Hall–Kier alpha value is -4.25. The number of carboxylic acid groups (broad SMARTS) is 2. The lowest BCUT2D eigenvalue weighted by Crippen LogP contribution is -2.74. The Morgan fingerprint density at radius 2 is 1.82 bits per heavy atom. The van der Waals surface area contributed by atoms with Crippen molar-refractivity contribution in [3.8, 4) is 11.5 Å². The summed E-state index contributed by atoms with van der Waals surface area (Å²) in [6.45, 7) is 1.61. The van der Waals surface area contributed by atoms with Crippen LogP contribution < -0.4 is 14.8 Å². The fourth-order valence-corrected chi connectivity index (χ4v) is 6.98. The number of methoxy groups -OCH3 is 1. The number of benzene rings is 1. The minimum atomic E-state index is -2.52. The summed E-state index contributed by atoms with van der Waals surface area (Å²) in [6.07, 6.45) is -6.13. The van der Waals surface area contributed by atoms with E-state index in [2.05, 4.69) is 4.90 Å². The number of nitrogens with one attached hydrogen (secondary N) is 1. The highest BCUT2D eigenvalue weighted by Crippen LogP contribution is 2.65. The second-order valence-electron chi connectivity index (χ2n) is 11.7. The van der Waals surface area contributed by atoms with Crippen molar-refractivity contribution in [2.45, 2.75) is 80.1 Å². The normalized spacial score (nSPS) is 28.6. The smallest absolute Gasteiger partial charge is 0.343 e. The third-order valence-corrected chi connectivity index (χ3v) is 9.21. The van der Waals surface area contributed by atoms with Crippen molar-refractivity contribution in [1.82, 2.24) is 10.2 Å². The van der Waals surface area contributed by atoms with Crippen molar-refractivity contribution in [2.75, 3.05) is 20.7 Å². The summed E-state index contributed by atoms with van der Waals surface area (Å²) in [5, 5.41) is 52.9. The number of carbonyl (C=O) groups excluding carboxylic acids is 3. The molecule has 2 aliphatic carbocycles. The lowest BCUT2D eigenvalue weighted by atomic mass is 9.50. The molecule has 1 saturated heterocycles. The van der Waals surface area contributed by atoms with Gasteiger partial charge >= 0.3 is 23.9 Å². The zero-order chi connectivity index (χ0) is 33.0. The van der Waals surface area contributed by atoms with E-state index in [1.807, 2.05) is 18.4 Å². The largest absolute Gasteiger partial charge is 0.493 e. The Kier molecular flexibility index (Phi) is 8.28. The topological polar surface area (TPSA) is 239 Å². The fraction of sp³-hybridized carbons (Fsp3) is 0.552. The van der Waals surface area contributed by atoms with Crippen LogP contribution in [0.1, 0.15) is 37.3 Å². The highest BCUT2D eigenvalue weighted by molar-refractivity contribution is 5.91. The molecule has 2 bridgehead atoms. The van der Waals surface area contributed by atoms with Crippen LogP contribution in [0, 0.1) is 0 Å². The summed E-state index contributed by atoms with van der Waals surface area (Å²) < 4.78 is 22.1. The van der Waals surface area contributed by atoms with Crippen LogP contribution in [0.15, 0.2) is 24.0 Å². The molecule has 16 heteroatoms. The van der Waals surface area contributed by atoms with Gasteiger partial charge in [0.1, 0.15) is 11.8 Å². The quantitative estimate of drug-likeness (QED) is 0.147. The number of rotatable bonds is 11. The van der Waals surface area contributed by atoms with Crippen LogP contribution >= 0.6 is 0 Å². The van der Waals surface area contributed by atoms with E-state index in [1.54, 1.807) is 6.07 Å². The van der Waals surface area contributed by atoms with Crippen LogP contribution in [0.4, 0.5) is 0 Å². The zero-order valence-corrected chi connectivity index (χ0v) is 24.6. The predicted octanol–water partition coefficient (Wildman–Crippen LogP) is -1.79. The molecule has 2 heterocycles. The number of aliphatic carboxylic acids is 2. The Labute approximate surface area is 256 Å². The van der Waals surface area contributed by atoms with E-state index >= 15 is 0 Å². The molecule has 0 saturated carbocycles. The number of carbonyl (C=O) groups is 5. The number of nitrogens with zero attached hydrogens (tertiary/aromatic N) is 1. The van der Waals surface area contributed by atoms with Gasteiger partial charge in [-0.1, -0.05) is 6.07 Å². The second-order valence-corrected chi connectivity index (χ2v) is 11.7. The molecule has 45 heavy (non-hydrogen) atoms. The molecule has 8 atom stereocenters. The minimum absolute atomic E-state index is 0.0374. The summed E-state index contributed by atoms with van der Waals surface area (Å²) in [5.41, 5.74) is -0.596.